The van der Waals surface area contributed by atoms with Crippen LogP contribution in [0, 0.1) is 5.92 Å². The van der Waals surface area contributed by atoms with Gasteiger partial charge in [-0.05, 0) is 55.3 Å². The van der Waals surface area contributed by atoms with Crippen molar-refractivity contribution in [3.63, 3.8) is 0 Å². The topological polar surface area (TPSA) is 85.9 Å². The van der Waals surface area contributed by atoms with E-state index in [0.717, 1.165) is 24.8 Å². The minimum Gasteiger partial charge on any atom is -0.497 e. The van der Waals surface area contributed by atoms with E-state index in [1.807, 2.05) is 18.2 Å². The summed E-state index contributed by atoms with van der Waals surface area (Å²) in [5.74, 6) is 1.56. The van der Waals surface area contributed by atoms with Gasteiger partial charge in [-0.15, -0.1) is 0 Å². The van der Waals surface area contributed by atoms with Crippen LogP contribution >= 0.6 is 0 Å². The number of hydrogen-bond acceptors (Lipinski definition) is 5. The Kier molecular flexibility index (Phi) is 7.17. The van der Waals surface area contributed by atoms with Gasteiger partial charge in [-0.3, -0.25) is 9.59 Å². The molecular weight excluding hydrogens is 384 g/mol. The van der Waals surface area contributed by atoms with E-state index in [1.165, 1.54) is 0 Å². The lowest BCUT2D eigenvalue weighted by atomic mass is 10.0. The molecule has 30 heavy (non-hydrogen) atoms. The average Bonchev–Trinajstić information content (AvgIpc) is 3.25. The van der Waals surface area contributed by atoms with E-state index in [9.17, 15) is 9.59 Å². The average molecular weight is 412 g/mol. The molecule has 2 N–H and O–H groups in total. The molecule has 2 amide bonds. The van der Waals surface area contributed by atoms with Crippen LogP contribution in [0.4, 0.5) is 0 Å². The van der Waals surface area contributed by atoms with Crippen molar-refractivity contribution in [2.45, 2.75) is 31.8 Å². The first-order valence-electron chi connectivity index (χ1n) is 9.99. The van der Waals surface area contributed by atoms with Crippen molar-refractivity contribution < 1.29 is 23.8 Å². The lowest BCUT2D eigenvalue weighted by Crippen LogP contribution is -2.43. The third kappa shape index (κ3) is 5.03. The summed E-state index contributed by atoms with van der Waals surface area (Å²) in [7, 11) is 4.77. The van der Waals surface area contributed by atoms with Crippen molar-refractivity contribution in [2.24, 2.45) is 5.92 Å². The summed E-state index contributed by atoms with van der Waals surface area (Å²) in [5, 5.41) is 6.00. The van der Waals surface area contributed by atoms with E-state index in [-0.39, 0.29) is 23.8 Å². The molecule has 0 heterocycles. The number of carbonyl (C=O) groups excluding carboxylic acids is 2. The van der Waals surface area contributed by atoms with Gasteiger partial charge in [-0.1, -0.05) is 6.42 Å². The quantitative estimate of drug-likeness (QED) is 0.696. The molecule has 1 saturated carbocycles. The Morgan fingerprint density at radius 3 is 2.30 bits per heavy atom. The number of ether oxygens (including phenoxy) is 3. The lowest BCUT2D eigenvalue weighted by Gasteiger charge is -2.21. The molecule has 1 aliphatic carbocycles. The summed E-state index contributed by atoms with van der Waals surface area (Å²) in [4.78, 5) is 25.4. The van der Waals surface area contributed by atoms with Gasteiger partial charge in [0.25, 0.3) is 5.91 Å². The molecule has 3 rings (SSSR count). The van der Waals surface area contributed by atoms with E-state index in [1.54, 1.807) is 45.6 Å². The second-order valence-electron chi connectivity index (χ2n) is 7.24. The van der Waals surface area contributed by atoms with E-state index in [2.05, 4.69) is 10.6 Å². The smallest absolute Gasteiger partial charge is 0.251 e. The normalized spacial score (nSPS) is 17.8. The van der Waals surface area contributed by atoms with Gasteiger partial charge in [-0.2, -0.15) is 0 Å². The molecule has 0 radical (unpaired) electrons. The van der Waals surface area contributed by atoms with Crippen LogP contribution in [-0.2, 0) is 11.3 Å². The van der Waals surface area contributed by atoms with E-state index >= 15 is 0 Å². The van der Waals surface area contributed by atoms with E-state index < -0.39 is 0 Å². The predicted octanol–water partition coefficient (Wildman–Crippen LogP) is 2.93. The first kappa shape index (κ1) is 21.5. The highest BCUT2D eigenvalue weighted by Gasteiger charge is 2.34. The number of methoxy groups -OCH3 is 3. The zero-order chi connectivity index (χ0) is 21.5. The fourth-order valence-electron chi connectivity index (χ4n) is 3.77. The molecular formula is C23H28N2O5. The summed E-state index contributed by atoms with van der Waals surface area (Å²) in [6.45, 7) is 0.328. The zero-order valence-electron chi connectivity index (χ0n) is 17.6. The number of rotatable bonds is 8. The largest absolute Gasteiger partial charge is 0.497 e. The van der Waals surface area contributed by atoms with Crippen LogP contribution in [0.15, 0.2) is 42.5 Å². The Bertz CT molecular complexity index is 882. The Labute approximate surface area is 176 Å². The van der Waals surface area contributed by atoms with Crippen molar-refractivity contribution in [1.82, 2.24) is 10.6 Å². The molecule has 0 spiro atoms. The fourth-order valence-corrected chi connectivity index (χ4v) is 3.77. The number of carbonyl (C=O) groups is 2. The maximum absolute atomic E-state index is 12.8. The van der Waals surface area contributed by atoms with Crippen LogP contribution < -0.4 is 24.8 Å². The van der Waals surface area contributed by atoms with Crippen LogP contribution in [0.5, 0.6) is 17.2 Å². The monoisotopic (exact) mass is 412 g/mol. The molecule has 2 atom stereocenters. The molecule has 2 aromatic carbocycles. The van der Waals surface area contributed by atoms with Crippen LogP contribution in [-0.4, -0.2) is 39.2 Å². The number of hydrogen-bond donors (Lipinski definition) is 2. The van der Waals surface area contributed by atoms with Gasteiger partial charge >= 0.3 is 0 Å². The molecule has 1 fully saturated rings. The van der Waals surface area contributed by atoms with Crippen LogP contribution in [0.25, 0.3) is 0 Å². The summed E-state index contributed by atoms with van der Waals surface area (Å²) in [6.07, 6.45) is 2.42. The minimum atomic E-state index is -0.260. The lowest BCUT2D eigenvalue weighted by molar-refractivity contribution is -0.125. The van der Waals surface area contributed by atoms with Gasteiger partial charge in [0.05, 0.1) is 27.2 Å². The molecule has 7 heteroatoms. The second-order valence-corrected chi connectivity index (χ2v) is 7.24. The van der Waals surface area contributed by atoms with Crippen molar-refractivity contribution in [2.75, 3.05) is 21.3 Å². The Hall–Kier alpha value is -3.22. The summed E-state index contributed by atoms with van der Waals surface area (Å²) in [5.41, 5.74) is 1.38. The first-order valence-corrected chi connectivity index (χ1v) is 9.99. The minimum absolute atomic E-state index is 0.0718. The van der Waals surface area contributed by atoms with Gasteiger partial charge in [0.15, 0.2) is 0 Å². The molecule has 2 aromatic rings. The van der Waals surface area contributed by atoms with Gasteiger partial charge in [0.2, 0.25) is 5.91 Å². The highest BCUT2D eigenvalue weighted by Crippen LogP contribution is 2.28. The van der Waals surface area contributed by atoms with E-state index in [4.69, 9.17) is 14.2 Å². The molecule has 7 nitrogen and oxygen atoms in total. The number of amides is 2. The van der Waals surface area contributed by atoms with Crippen molar-refractivity contribution in [3.05, 3.63) is 53.6 Å². The Morgan fingerprint density at radius 2 is 1.63 bits per heavy atom. The third-order valence-electron chi connectivity index (χ3n) is 5.46. The molecule has 0 aliphatic heterocycles. The predicted molar refractivity (Wildman–Crippen MR) is 113 cm³/mol. The Morgan fingerprint density at radius 1 is 0.933 bits per heavy atom. The van der Waals surface area contributed by atoms with Crippen LogP contribution in [0.2, 0.25) is 0 Å². The zero-order valence-corrected chi connectivity index (χ0v) is 17.6. The molecule has 0 unspecified atom stereocenters. The standard InChI is InChI=1S/C23H28N2O5/c1-28-17-9-7-15(8-10-17)22(26)25-20-6-4-5-19(20)23(27)24-14-16-13-18(29-2)11-12-21(16)30-3/h7-13,19-20H,4-6,14H2,1-3H3,(H,24,27)(H,25,26)/t19-,20+/m0/s1. The van der Waals surface area contributed by atoms with Gasteiger partial charge in [0.1, 0.15) is 17.2 Å². The molecule has 0 aromatic heterocycles. The number of benzene rings is 2. The highest BCUT2D eigenvalue weighted by atomic mass is 16.5. The number of nitrogens with one attached hydrogen (secondary N) is 2. The van der Waals surface area contributed by atoms with E-state index in [0.29, 0.717) is 29.4 Å². The van der Waals surface area contributed by atoms with Crippen molar-refractivity contribution in [1.29, 1.82) is 0 Å². The Balaban J connectivity index is 1.61. The maximum Gasteiger partial charge on any atom is 0.251 e. The van der Waals surface area contributed by atoms with Crippen LogP contribution in [0.1, 0.15) is 35.2 Å². The molecule has 0 bridgehead atoms. The molecule has 1 aliphatic rings. The summed E-state index contributed by atoms with van der Waals surface area (Å²) < 4.78 is 15.7. The van der Waals surface area contributed by atoms with Gasteiger partial charge in [0, 0.05) is 23.7 Å². The SMILES string of the molecule is COc1ccc(C(=O)N[C@@H]2CCC[C@@H]2C(=O)NCc2cc(OC)ccc2OC)cc1. The summed E-state index contributed by atoms with van der Waals surface area (Å²) in [6, 6.07) is 12.2. The summed E-state index contributed by atoms with van der Waals surface area (Å²) >= 11 is 0. The maximum atomic E-state index is 12.8. The highest BCUT2D eigenvalue weighted by molar-refractivity contribution is 5.95. The fraction of sp³-hybridized carbons (Fsp3) is 0.391. The van der Waals surface area contributed by atoms with Crippen molar-refractivity contribution in [3.8, 4) is 17.2 Å². The van der Waals surface area contributed by atoms with Crippen molar-refractivity contribution >= 4 is 11.8 Å². The second kappa shape index (κ2) is 10.0. The molecule has 160 valence electrons. The van der Waals surface area contributed by atoms with Gasteiger partial charge < -0.3 is 24.8 Å². The molecule has 0 saturated heterocycles. The van der Waals surface area contributed by atoms with Gasteiger partial charge in [-0.25, -0.2) is 0 Å². The third-order valence-corrected chi connectivity index (χ3v) is 5.46. The van der Waals surface area contributed by atoms with Crippen LogP contribution in [0.3, 0.4) is 0 Å². The first-order chi connectivity index (χ1) is 14.5.